The summed E-state index contributed by atoms with van der Waals surface area (Å²) in [6.07, 6.45) is 0. The highest BCUT2D eigenvalue weighted by molar-refractivity contribution is 7.19. The van der Waals surface area contributed by atoms with E-state index in [0.717, 1.165) is 33.8 Å². The van der Waals surface area contributed by atoms with Crippen LogP contribution >= 0.6 is 22.7 Å². The summed E-state index contributed by atoms with van der Waals surface area (Å²) >= 11 is 3.55. The van der Waals surface area contributed by atoms with Crippen LogP contribution in [-0.2, 0) is 0 Å². The molecular weight excluding hydrogens is 472 g/mol. The van der Waals surface area contributed by atoms with E-state index in [2.05, 4.69) is 59.3 Å². The van der Waals surface area contributed by atoms with E-state index in [9.17, 15) is 0 Å². The van der Waals surface area contributed by atoms with Crippen molar-refractivity contribution in [2.75, 3.05) is 14.2 Å². The molecule has 0 radical (unpaired) electrons. The number of benzene rings is 4. The molecule has 4 aromatic carbocycles. The second kappa shape index (κ2) is 7.87. The summed E-state index contributed by atoms with van der Waals surface area (Å²) in [5.74, 6) is 1.71. The predicted molar refractivity (Wildman–Crippen MR) is 148 cm³/mol. The van der Waals surface area contributed by atoms with Crippen molar-refractivity contribution in [3.8, 4) is 33.8 Å². The zero-order valence-corrected chi connectivity index (χ0v) is 20.8. The van der Waals surface area contributed by atoms with Gasteiger partial charge in [-0.05, 0) is 81.5 Å². The third-order valence-electron chi connectivity index (χ3n) is 6.68. The van der Waals surface area contributed by atoms with Crippen molar-refractivity contribution >= 4 is 64.8 Å². The highest BCUT2D eigenvalue weighted by Gasteiger charge is 2.20. The molecule has 0 fully saturated rings. The summed E-state index contributed by atoms with van der Waals surface area (Å²) in [6.45, 7) is 0. The minimum absolute atomic E-state index is 0.853. The van der Waals surface area contributed by atoms with Crippen molar-refractivity contribution in [2.24, 2.45) is 0 Å². The maximum atomic E-state index is 6.59. The number of furan rings is 1. The van der Waals surface area contributed by atoms with Crippen molar-refractivity contribution in [2.45, 2.75) is 0 Å². The summed E-state index contributed by atoms with van der Waals surface area (Å²) in [7, 11) is 3.39. The van der Waals surface area contributed by atoms with Gasteiger partial charge in [0, 0.05) is 30.9 Å². The molecule has 3 aromatic heterocycles. The van der Waals surface area contributed by atoms with E-state index in [4.69, 9.17) is 13.9 Å². The highest BCUT2D eigenvalue weighted by Crippen LogP contribution is 2.47. The van der Waals surface area contributed by atoms with Crippen LogP contribution in [0.15, 0.2) is 88.0 Å². The number of rotatable bonds is 4. The Bertz CT molecular complexity index is 1720. The second-order valence-corrected chi connectivity index (χ2v) is 10.3. The van der Waals surface area contributed by atoms with Gasteiger partial charge in [-0.3, -0.25) is 0 Å². The molecule has 3 nitrogen and oxygen atoms in total. The average Bonchev–Trinajstić information content (AvgIpc) is 3.65. The standard InChI is InChI=1S/C30H20O3S2/c1-31-19-7-3-17(4-8-19)23-15-25-27(29-21(23)11-13-34-29)28-26(33-25)16-24(22-12-14-35-30(22)28)18-5-9-20(32-2)10-6-18/h3-16H,1-2H3. The normalized spacial score (nSPS) is 11.7. The molecule has 0 saturated heterocycles. The van der Waals surface area contributed by atoms with E-state index in [1.54, 1.807) is 36.9 Å². The van der Waals surface area contributed by atoms with Gasteiger partial charge in [0.25, 0.3) is 0 Å². The molecule has 170 valence electrons. The third kappa shape index (κ3) is 3.09. The van der Waals surface area contributed by atoms with E-state index in [1.165, 1.54) is 42.1 Å². The van der Waals surface area contributed by atoms with Crippen LogP contribution in [0.5, 0.6) is 11.5 Å². The predicted octanol–water partition coefficient (Wildman–Crippen LogP) is 9.37. The third-order valence-corrected chi connectivity index (χ3v) is 8.54. The van der Waals surface area contributed by atoms with Crippen LogP contribution in [0.2, 0.25) is 0 Å². The Labute approximate surface area is 209 Å². The summed E-state index contributed by atoms with van der Waals surface area (Å²) in [5.41, 5.74) is 6.49. The molecule has 35 heavy (non-hydrogen) atoms. The zero-order valence-electron chi connectivity index (χ0n) is 19.1. The monoisotopic (exact) mass is 492 g/mol. The van der Waals surface area contributed by atoms with Crippen molar-refractivity contribution in [1.82, 2.24) is 0 Å². The Kier molecular flexibility index (Phi) is 4.62. The van der Waals surface area contributed by atoms with Crippen LogP contribution in [0.3, 0.4) is 0 Å². The topological polar surface area (TPSA) is 31.6 Å². The Morgan fingerprint density at radius 3 is 1.40 bits per heavy atom. The van der Waals surface area contributed by atoms with E-state index in [1.807, 2.05) is 24.3 Å². The lowest BCUT2D eigenvalue weighted by Gasteiger charge is -2.07. The molecule has 0 unspecified atom stereocenters. The highest BCUT2D eigenvalue weighted by atomic mass is 32.1. The van der Waals surface area contributed by atoms with Crippen LogP contribution in [0.4, 0.5) is 0 Å². The van der Waals surface area contributed by atoms with Crippen LogP contribution in [-0.4, -0.2) is 14.2 Å². The van der Waals surface area contributed by atoms with Gasteiger partial charge in [0.05, 0.1) is 14.2 Å². The van der Waals surface area contributed by atoms with E-state index < -0.39 is 0 Å². The van der Waals surface area contributed by atoms with Gasteiger partial charge >= 0.3 is 0 Å². The Hall–Kier alpha value is -3.80. The molecule has 0 aliphatic rings. The maximum Gasteiger partial charge on any atom is 0.137 e. The Morgan fingerprint density at radius 2 is 1.00 bits per heavy atom. The fraction of sp³-hybridized carbons (Fsp3) is 0.0667. The van der Waals surface area contributed by atoms with Gasteiger partial charge < -0.3 is 13.9 Å². The molecular formula is C30H20O3S2. The molecule has 0 amide bonds. The van der Waals surface area contributed by atoms with Crippen molar-refractivity contribution in [3.63, 3.8) is 0 Å². The van der Waals surface area contributed by atoms with Crippen molar-refractivity contribution in [3.05, 3.63) is 83.6 Å². The fourth-order valence-electron chi connectivity index (χ4n) is 4.99. The van der Waals surface area contributed by atoms with Gasteiger partial charge in [-0.15, -0.1) is 22.7 Å². The molecule has 0 aliphatic heterocycles. The maximum absolute atomic E-state index is 6.59. The first-order chi connectivity index (χ1) is 17.2. The number of ether oxygens (including phenoxy) is 2. The fourth-order valence-corrected chi connectivity index (χ4v) is 6.92. The van der Waals surface area contributed by atoms with Gasteiger partial charge in [-0.25, -0.2) is 0 Å². The molecule has 0 aliphatic carbocycles. The number of hydrogen-bond acceptors (Lipinski definition) is 5. The van der Waals surface area contributed by atoms with Crippen molar-refractivity contribution in [1.29, 1.82) is 0 Å². The molecule has 0 atom stereocenters. The number of thiophene rings is 2. The molecule has 7 rings (SSSR count). The van der Waals surface area contributed by atoms with Gasteiger partial charge in [-0.1, -0.05) is 24.3 Å². The minimum Gasteiger partial charge on any atom is -0.497 e. The second-order valence-electron chi connectivity index (χ2n) is 8.48. The SMILES string of the molecule is COc1ccc(-c2cc3oc4cc(-c5ccc(OC)cc5)c5ccsc5c4c3c3sccc23)cc1. The van der Waals surface area contributed by atoms with Crippen LogP contribution in [0.1, 0.15) is 0 Å². The Morgan fingerprint density at radius 1 is 0.571 bits per heavy atom. The lowest BCUT2D eigenvalue weighted by atomic mass is 9.97. The summed E-state index contributed by atoms with van der Waals surface area (Å²) < 4.78 is 19.8. The molecule has 0 N–H and O–H groups in total. The smallest absolute Gasteiger partial charge is 0.137 e. The Balaban J connectivity index is 1.53. The molecule has 0 saturated carbocycles. The summed E-state index contributed by atoms with van der Waals surface area (Å²) in [6, 6.07) is 25.3. The van der Waals surface area contributed by atoms with Crippen LogP contribution in [0.25, 0.3) is 64.4 Å². The quantitative estimate of drug-likeness (QED) is 0.245. The lowest BCUT2D eigenvalue weighted by Crippen LogP contribution is -1.84. The number of methoxy groups -OCH3 is 2. The van der Waals surface area contributed by atoms with Gasteiger partial charge in [-0.2, -0.15) is 0 Å². The van der Waals surface area contributed by atoms with Gasteiger partial charge in [0.15, 0.2) is 0 Å². The first-order valence-corrected chi connectivity index (χ1v) is 13.1. The first kappa shape index (κ1) is 20.6. The lowest BCUT2D eigenvalue weighted by molar-refractivity contribution is 0.415. The molecule has 7 aromatic rings. The van der Waals surface area contributed by atoms with E-state index in [0.29, 0.717) is 0 Å². The average molecular weight is 493 g/mol. The van der Waals surface area contributed by atoms with Crippen molar-refractivity contribution < 1.29 is 13.9 Å². The summed E-state index contributed by atoms with van der Waals surface area (Å²) in [5, 5.41) is 9.26. The first-order valence-electron chi connectivity index (χ1n) is 11.3. The number of fused-ring (bicyclic) bond motifs is 7. The minimum atomic E-state index is 0.853. The zero-order chi connectivity index (χ0) is 23.5. The summed E-state index contributed by atoms with van der Waals surface area (Å²) in [4.78, 5) is 0. The van der Waals surface area contributed by atoms with Crippen LogP contribution < -0.4 is 9.47 Å². The largest absolute Gasteiger partial charge is 0.497 e. The van der Waals surface area contributed by atoms with Gasteiger partial charge in [0.2, 0.25) is 0 Å². The molecule has 0 spiro atoms. The van der Waals surface area contributed by atoms with Crippen LogP contribution in [0, 0.1) is 0 Å². The molecule has 0 bridgehead atoms. The van der Waals surface area contributed by atoms with Gasteiger partial charge in [0.1, 0.15) is 22.7 Å². The number of hydrogen-bond donors (Lipinski definition) is 0. The molecule has 3 heterocycles. The molecule has 5 heteroatoms. The van der Waals surface area contributed by atoms with E-state index in [-0.39, 0.29) is 0 Å². The van der Waals surface area contributed by atoms with E-state index >= 15 is 0 Å².